The highest BCUT2D eigenvalue weighted by Gasteiger charge is 2.29. The van der Waals surface area contributed by atoms with Crippen molar-refractivity contribution in [2.45, 2.75) is 24.0 Å². The first-order valence-corrected chi connectivity index (χ1v) is 11.9. The molecule has 0 spiro atoms. The summed E-state index contributed by atoms with van der Waals surface area (Å²) in [7, 11) is -4.34. The Morgan fingerprint density at radius 1 is 0.971 bits per heavy atom. The number of carbonyl (C=O) groups excluding carboxylic acids is 1. The minimum absolute atomic E-state index is 0.00814. The Bertz CT molecular complexity index is 1360. The zero-order valence-corrected chi connectivity index (χ0v) is 18.7. The lowest BCUT2D eigenvalue weighted by molar-refractivity contribution is -0.147. The normalized spacial score (nSPS) is 12.3. The summed E-state index contributed by atoms with van der Waals surface area (Å²) >= 11 is 0. The number of sulfonamides is 1. The van der Waals surface area contributed by atoms with Gasteiger partial charge in [-0.05, 0) is 24.1 Å². The Balaban J connectivity index is 1.50. The maximum absolute atomic E-state index is 14.1. The fourth-order valence-corrected chi connectivity index (χ4v) is 4.55. The highest BCUT2D eigenvalue weighted by atomic mass is 32.2. The van der Waals surface area contributed by atoms with Crippen molar-refractivity contribution in [3.05, 3.63) is 108 Å². The molecule has 0 aliphatic rings. The quantitative estimate of drug-likeness (QED) is 0.362. The average molecular weight is 481 g/mol. The topological polar surface area (TPSA) is 98.5 Å². The fraction of sp³-hybridized carbons (Fsp3) is 0.120. The molecule has 9 heteroatoms. The first kappa shape index (κ1) is 23.3. The summed E-state index contributed by atoms with van der Waals surface area (Å²) in [5.74, 6) is -1.10. The van der Waals surface area contributed by atoms with E-state index in [9.17, 15) is 17.6 Å². The third-order valence-electron chi connectivity index (χ3n) is 4.94. The molecular weight excluding hydrogens is 459 g/mol. The van der Waals surface area contributed by atoms with E-state index in [2.05, 4.69) is 9.71 Å². The molecule has 7 nitrogen and oxygen atoms in total. The van der Waals surface area contributed by atoms with Gasteiger partial charge < -0.3 is 9.15 Å². The third kappa shape index (κ3) is 5.75. The minimum atomic E-state index is -4.34. The molecule has 3 aromatic carbocycles. The van der Waals surface area contributed by atoms with Crippen molar-refractivity contribution in [1.29, 1.82) is 0 Å². The molecule has 0 bridgehead atoms. The lowest BCUT2D eigenvalue weighted by atomic mass is 10.1. The van der Waals surface area contributed by atoms with Gasteiger partial charge in [-0.3, -0.25) is 4.79 Å². The Hall–Kier alpha value is -3.82. The second-order valence-corrected chi connectivity index (χ2v) is 9.07. The number of nitrogens with zero attached hydrogens (tertiary/aromatic N) is 1. The van der Waals surface area contributed by atoms with Crippen molar-refractivity contribution in [3.63, 3.8) is 0 Å². The summed E-state index contributed by atoms with van der Waals surface area (Å²) in [6.07, 6.45) is 1.52. The van der Waals surface area contributed by atoms with Crippen molar-refractivity contribution < 1.29 is 26.8 Å². The van der Waals surface area contributed by atoms with Gasteiger partial charge in [0, 0.05) is 5.56 Å². The lowest BCUT2D eigenvalue weighted by Crippen LogP contribution is -2.43. The highest BCUT2D eigenvalue weighted by Crippen LogP contribution is 2.20. The van der Waals surface area contributed by atoms with E-state index < -0.39 is 32.7 Å². The van der Waals surface area contributed by atoms with Crippen LogP contribution in [0.25, 0.3) is 11.3 Å². The van der Waals surface area contributed by atoms with E-state index in [1.54, 1.807) is 30.3 Å². The summed E-state index contributed by atoms with van der Waals surface area (Å²) in [4.78, 5) is 16.4. The third-order valence-corrected chi connectivity index (χ3v) is 6.45. The number of ether oxygens (including phenoxy) is 1. The summed E-state index contributed by atoms with van der Waals surface area (Å²) in [6.45, 7) is -0.293. The molecule has 174 valence electrons. The Morgan fingerprint density at radius 3 is 2.32 bits per heavy atom. The molecular formula is C25H21FN2O5S. The molecule has 1 aromatic heterocycles. The standard InChI is InChI=1S/C25H21FN2O5S/c26-20-13-7-8-14-23(20)34(30,31)28-21(15-18-9-3-1-4-10-18)25(29)32-17-24-27-16-22(33-24)19-11-5-2-6-12-19/h1-14,16,21,28H,15,17H2/t21-/m1/s1. The molecule has 0 amide bonds. The molecule has 0 unspecified atom stereocenters. The Labute approximate surface area is 196 Å². The van der Waals surface area contributed by atoms with Gasteiger partial charge in [0.2, 0.25) is 15.9 Å². The number of hydrogen-bond acceptors (Lipinski definition) is 6. The van der Waals surface area contributed by atoms with Crippen LogP contribution < -0.4 is 4.72 Å². The second-order valence-electron chi connectivity index (χ2n) is 7.39. The van der Waals surface area contributed by atoms with Crippen molar-refractivity contribution in [1.82, 2.24) is 9.71 Å². The molecule has 4 aromatic rings. The van der Waals surface area contributed by atoms with E-state index in [0.717, 1.165) is 17.7 Å². The predicted molar refractivity (Wildman–Crippen MR) is 122 cm³/mol. The van der Waals surface area contributed by atoms with Crippen LogP contribution in [0.1, 0.15) is 11.5 Å². The largest absolute Gasteiger partial charge is 0.454 e. The van der Waals surface area contributed by atoms with Gasteiger partial charge in [-0.2, -0.15) is 4.72 Å². The van der Waals surface area contributed by atoms with Gasteiger partial charge in [0.05, 0.1) is 6.20 Å². The SMILES string of the molecule is O=C(OCc1ncc(-c2ccccc2)o1)[C@@H](Cc1ccccc1)NS(=O)(=O)c1ccccc1F. The summed E-state index contributed by atoms with van der Waals surface area (Å²) < 4.78 is 52.9. The van der Waals surface area contributed by atoms with Crippen LogP contribution in [-0.4, -0.2) is 25.4 Å². The van der Waals surface area contributed by atoms with E-state index in [0.29, 0.717) is 11.3 Å². The maximum Gasteiger partial charge on any atom is 0.325 e. The number of halogens is 1. The molecule has 4 rings (SSSR count). The van der Waals surface area contributed by atoms with Gasteiger partial charge in [-0.15, -0.1) is 0 Å². The number of oxazole rings is 1. The van der Waals surface area contributed by atoms with Crippen molar-refractivity contribution in [3.8, 4) is 11.3 Å². The molecule has 0 saturated carbocycles. The lowest BCUT2D eigenvalue weighted by Gasteiger charge is -2.18. The van der Waals surface area contributed by atoms with E-state index in [4.69, 9.17) is 9.15 Å². The summed E-state index contributed by atoms with van der Waals surface area (Å²) in [6, 6.07) is 21.7. The highest BCUT2D eigenvalue weighted by molar-refractivity contribution is 7.89. The van der Waals surface area contributed by atoms with Gasteiger partial charge in [0.25, 0.3) is 0 Å². The zero-order valence-electron chi connectivity index (χ0n) is 17.9. The first-order chi connectivity index (χ1) is 16.4. The van der Waals surface area contributed by atoms with Gasteiger partial charge in [0.15, 0.2) is 12.4 Å². The predicted octanol–water partition coefficient (Wildman–Crippen LogP) is 4.11. The smallest absolute Gasteiger partial charge is 0.325 e. The van der Waals surface area contributed by atoms with Crippen LogP contribution in [0.5, 0.6) is 0 Å². The number of hydrogen-bond donors (Lipinski definition) is 1. The first-order valence-electron chi connectivity index (χ1n) is 10.4. The molecule has 1 heterocycles. The number of nitrogens with one attached hydrogen (secondary N) is 1. The minimum Gasteiger partial charge on any atom is -0.454 e. The number of aromatic nitrogens is 1. The van der Waals surface area contributed by atoms with E-state index in [1.165, 1.54) is 18.3 Å². The van der Waals surface area contributed by atoms with Crippen LogP contribution in [0.2, 0.25) is 0 Å². The van der Waals surface area contributed by atoms with Crippen molar-refractivity contribution in [2.24, 2.45) is 0 Å². The summed E-state index contributed by atoms with van der Waals surface area (Å²) in [5.41, 5.74) is 1.51. The average Bonchev–Trinajstić information content (AvgIpc) is 3.32. The number of esters is 1. The van der Waals surface area contributed by atoms with Gasteiger partial charge in [-0.1, -0.05) is 72.8 Å². The van der Waals surface area contributed by atoms with Gasteiger partial charge in [-0.25, -0.2) is 17.8 Å². The van der Waals surface area contributed by atoms with E-state index in [1.807, 2.05) is 30.3 Å². The second kappa shape index (κ2) is 10.4. The number of benzene rings is 3. The molecule has 0 aliphatic heterocycles. The van der Waals surface area contributed by atoms with Crippen LogP contribution in [0.3, 0.4) is 0 Å². The van der Waals surface area contributed by atoms with Crippen LogP contribution in [0.15, 0.2) is 100 Å². The van der Waals surface area contributed by atoms with E-state index in [-0.39, 0.29) is 18.9 Å². The maximum atomic E-state index is 14.1. The van der Waals surface area contributed by atoms with Crippen LogP contribution in [-0.2, 0) is 32.6 Å². The molecule has 1 N–H and O–H groups in total. The Morgan fingerprint density at radius 2 is 1.62 bits per heavy atom. The van der Waals surface area contributed by atoms with E-state index >= 15 is 0 Å². The number of carbonyl (C=O) groups is 1. The number of rotatable bonds is 9. The molecule has 0 saturated heterocycles. The van der Waals surface area contributed by atoms with Crippen LogP contribution in [0, 0.1) is 5.82 Å². The van der Waals surface area contributed by atoms with Crippen molar-refractivity contribution >= 4 is 16.0 Å². The summed E-state index contributed by atoms with van der Waals surface area (Å²) in [5, 5.41) is 0. The molecule has 0 aliphatic carbocycles. The zero-order chi connectivity index (χ0) is 24.0. The van der Waals surface area contributed by atoms with Crippen LogP contribution in [0.4, 0.5) is 4.39 Å². The molecule has 0 radical (unpaired) electrons. The van der Waals surface area contributed by atoms with Gasteiger partial charge in [0.1, 0.15) is 16.8 Å². The van der Waals surface area contributed by atoms with Crippen molar-refractivity contribution in [2.75, 3.05) is 0 Å². The molecule has 34 heavy (non-hydrogen) atoms. The monoisotopic (exact) mass is 480 g/mol. The van der Waals surface area contributed by atoms with Gasteiger partial charge >= 0.3 is 5.97 Å². The molecule has 1 atom stereocenters. The van der Waals surface area contributed by atoms with Crippen LogP contribution >= 0.6 is 0 Å². The Kier molecular flexibility index (Phi) is 7.15. The fourth-order valence-electron chi connectivity index (χ4n) is 3.28. The molecule has 0 fully saturated rings.